The number of nitrogens with two attached hydrogens (primary N) is 1. The van der Waals surface area contributed by atoms with Crippen LogP contribution in [0.1, 0.15) is 5.56 Å². The number of piperazine rings is 1. The number of benzene rings is 1. The van der Waals surface area contributed by atoms with E-state index in [1.54, 1.807) is 0 Å². The highest BCUT2D eigenvalue weighted by Gasteiger charge is 2.18. The van der Waals surface area contributed by atoms with E-state index in [4.69, 9.17) is 5.73 Å². The number of non-ortho nitro benzene ring substituents is 1. The lowest BCUT2D eigenvalue weighted by atomic mass is 10.1. The summed E-state index contributed by atoms with van der Waals surface area (Å²) in [5.74, 6) is -0.0368. The highest BCUT2D eigenvalue weighted by atomic mass is 16.6. The van der Waals surface area contributed by atoms with Gasteiger partial charge in [0.25, 0.3) is 5.69 Å². The van der Waals surface area contributed by atoms with Crippen LogP contribution in [0.5, 0.6) is 0 Å². The fraction of sp³-hybridized carbons (Fsp3) is 0.364. The first kappa shape index (κ1) is 12.3. The predicted molar refractivity (Wildman–Crippen MR) is 65.8 cm³/mol. The van der Waals surface area contributed by atoms with Crippen LogP contribution < -0.4 is 11.1 Å². The van der Waals surface area contributed by atoms with Gasteiger partial charge in [0.15, 0.2) is 0 Å². The van der Waals surface area contributed by atoms with Crippen LogP contribution in [0.3, 0.4) is 0 Å². The van der Waals surface area contributed by atoms with E-state index < -0.39 is 4.92 Å². The molecule has 0 unspecified atom stereocenters. The lowest BCUT2D eigenvalue weighted by Crippen LogP contribution is -2.47. The number of nitrogen functional groups attached to an aromatic ring is 1. The van der Waals surface area contributed by atoms with Gasteiger partial charge in [-0.15, -0.1) is 0 Å². The lowest BCUT2D eigenvalue weighted by Gasteiger charge is -2.26. The quantitative estimate of drug-likeness (QED) is 0.450. The van der Waals surface area contributed by atoms with Crippen LogP contribution >= 0.6 is 0 Å². The van der Waals surface area contributed by atoms with Crippen molar-refractivity contribution in [2.24, 2.45) is 0 Å². The second kappa shape index (κ2) is 5.01. The molecule has 7 heteroatoms. The van der Waals surface area contributed by atoms with Crippen LogP contribution in [-0.2, 0) is 11.3 Å². The Morgan fingerprint density at radius 2 is 2.28 bits per heavy atom. The van der Waals surface area contributed by atoms with Crippen molar-refractivity contribution in [3.05, 3.63) is 33.9 Å². The van der Waals surface area contributed by atoms with Crippen molar-refractivity contribution in [1.29, 1.82) is 0 Å². The van der Waals surface area contributed by atoms with Gasteiger partial charge in [-0.2, -0.15) is 0 Å². The Hall–Kier alpha value is -2.15. The molecule has 0 atom stereocenters. The Labute approximate surface area is 104 Å². The molecule has 0 aromatic heterocycles. The third-order valence-electron chi connectivity index (χ3n) is 2.85. The van der Waals surface area contributed by atoms with E-state index in [9.17, 15) is 14.9 Å². The number of nitrogens with one attached hydrogen (secondary N) is 1. The lowest BCUT2D eigenvalue weighted by molar-refractivity contribution is -0.384. The second-order valence-corrected chi connectivity index (χ2v) is 4.20. The maximum atomic E-state index is 11.2. The predicted octanol–water partition coefficient (Wildman–Crippen LogP) is 0.109. The van der Waals surface area contributed by atoms with Crippen LogP contribution in [0, 0.1) is 10.1 Å². The monoisotopic (exact) mass is 250 g/mol. The van der Waals surface area contributed by atoms with E-state index >= 15 is 0 Å². The number of nitro groups is 1. The molecule has 1 aliphatic rings. The zero-order valence-electron chi connectivity index (χ0n) is 9.76. The van der Waals surface area contributed by atoms with E-state index in [1.807, 2.05) is 4.90 Å². The van der Waals surface area contributed by atoms with E-state index in [2.05, 4.69) is 5.32 Å². The summed E-state index contributed by atoms with van der Waals surface area (Å²) in [5, 5.41) is 13.4. The summed E-state index contributed by atoms with van der Waals surface area (Å²) in [5.41, 5.74) is 6.99. The Balaban J connectivity index is 2.14. The number of anilines is 1. The minimum absolute atomic E-state index is 0.0145. The van der Waals surface area contributed by atoms with Crippen LogP contribution in [-0.4, -0.2) is 35.4 Å². The van der Waals surface area contributed by atoms with Gasteiger partial charge in [0.05, 0.1) is 11.5 Å². The fourth-order valence-electron chi connectivity index (χ4n) is 1.91. The number of carbonyl (C=O) groups excluding carboxylic acids is 1. The molecule has 1 heterocycles. The van der Waals surface area contributed by atoms with Crippen molar-refractivity contribution in [1.82, 2.24) is 10.2 Å². The normalized spacial score (nSPS) is 16.3. The molecule has 0 spiro atoms. The fourth-order valence-corrected chi connectivity index (χ4v) is 1.91. The Morgan fingerprint density at radius 1 is 1.50 bits per heavy atom. The summed E-state index contributed by atoms with van der Waals surface area (Å²) in [4.78, 5) is 23.4. The number of carbonyl (C=O) groups is 1. The molecular weight excluding hydrogens is 236 g/mol. The molecule has 18 heavy (non-hydrogen) atoms. The molecule has 7 nitrogen and oxygen atoms in total. The zero-order chi connectivity index (χ0) is 13.1. The van der Waals surface area contributed by atoms with Gasteiger partial charge in [-0.3, -0.25) is 19.8 Å². The summed E-state index contributed by atoms with van der Waals surface area (Å²) < 4.78 is 0. The summed E-state index contributed by atoms with van der Waals surface area (Å²) in [6.07, 6.45) is 0. The van der Waals surface area contributed by atoms with Crippen molar-refractivity contribution < 1.29 is 9.72 Å². The SMILES string of the molecule is Nc1ccc([N+](=O)[O-])cc1CN1CCNC(=O)C1. The zero-order valence-corrected chi connectivity index (χ0v) is 9.76. The van der Waals surface area contributed by atoms with Crippen molar-refractivity contribution >= 4 is 17.3 Å². The van der Waals surface area contributed by atoms with Crippen LogP contribution in [0.25, 0.3) is 0 Å². The van der Waals surface area contributed by atoms with Crippen LogP contribution in [0.2, 0.25) is 0 Å². The average molecular weight is 250 g/mol. The van der Waals surface area contributed by atoms with E-state index in [0.29, 0.717) is 37.4 Å². The van der Waals surface area contributed by atoms with Gasteiger partial charge in [-0.1, -0.05) is 0 Å². The maximum Gasteiger partial charge on any atom is 0.269 e. The molecule has 1 saturated heterocycles. The van der Waals surface area contributed by atoms with Gasteiger partial charge in [0.2, 0.25) is 5.91 Å². The number of hydrogen-bond acceptors (Lipinski definition) is 5. The molecule has 1 aromatic carbocycles. The minimum atomic E-state index is -0.453. The summed E-state index contributed by atoms with van der Waals surface area (Å²) in [6, 6.07) is 4.36. The highest BCUT2D eigenvalue weighted by Crippen LogP contribution is 2.21. The summed E-state index contributed by atoms with van der Waals surface area (Å²) in [6.45, 7) is 2.05. The molecule has 1 aromatic rings. The maximum absolute atomic E-state index is 11.2. The molecule has 0 radical (unpaired) electrons. The van der Waals surface area contributed by atoms with Gasteiger partial charge < -0.3 is 11.1 Å². The number of rotatable bonds is 3. The van der Waals surface area contributed by atoms with Gasteiger partial charge in [-0.05, 0) is 11.6 Å². The molecule has 1 aliphatic heterocycles. The summed E-state index contributed by atoms with van der Waals surface area (Å²) in [7, 11) is 0. The molecule has 0 saturated carbocycles. The molecule has 0 aliphatic carbocycles. The van der Waals surface area contributed by atoms with Gasteiger partial charge >= 0.3 is 0 Å². The molecule has 2 rings (SSSR count). The van der Waals surface area contributed by atoms with Gasteiger partial charge in [-0.25, -0.2) is 0 Å². The van der Waals surface area contributed by atoms with Crippen molar-refractivity contribution in [2.75, 3.05) is 25.4 Å². The molecule has 3 N–H and O–H groups in total. The minimum Gasteiger partial charge on any atom is -0.398 e. The molecule has 96 valence electrons. The Kier molecular flexibility index (Phi) is 3.42. The third kappa shape index (κ3) is 2.75. The topological polar surface area (TPSA) is 102 Å². The number of nitrogens with zero attached hydrogens (tertiary/aromatic N) is 2. The first-order valence-corrected chi connectivity index (χ1v) is 5.58. The van der Waals surface area contributed by atoms with Crippen LogP contribution in [0.4, 0.5) is 11.4 Å². The molecule has 0 bridgehead atoms. The first-order valence-electron chi connectivity index (χ1n) is 5.58. The Morgan fingerprint density at radius 3 is 2.94 bits per heavy atom. The van der Waals surface area contributed by atoms with Crippen molar-refractivity contribution in [2.45, 2.75) is 6.54 Å². The summed E-state index contributed by atoms with van der Waals surface area (Å²) >= 11 is 0. The van der Waals surface area contributed by atoms with E-state index in [1.165, 1.54) is 18.2 Å². The second-order valence-electron chi connectivity index (χ2n) is 4.20. The first-order chi connectivity index (χ1) is 8.56. The van der Waals surface area contributed by atoms with Crippen molar-refractivity contribution in [3.63, 3.8) is 0 Å². The highest BCUT2D eigenvalue weighted by molar-refractivity contribution is 5.78. The van der Waals surface area contributed by atoms with Crippen molar-refractivity contribution in [3.8, 4) is 0 Å². The van der Waals surface area contributed by atoms with E-state index in [-0.39, 0.29) is 11.6 Å². The van der Waals surface area contributed by atoms with Crippen LogP contribution in [0.15, 0.2) is 18.2 Å². The molecule has 1 fully saturated rings. The number of nitro benzene ring substituents is 1. The third-order valence-corrected chi connectivity index (χ3v) is 2.85. The standard InChI is InChI=1S/C11H14N4O3/c12-10-2-1-9(15(17)18)5-8(10)6-14-4-3-13-11(16)7-14/h1-2,5H,3-4,6-7,12H2,(H,13,16). The van der Waals surface area contributed by atoms with E-state index in [0.717, 1.165) is 0 Å². The largest absolute Gasteiger partial charge is 0.398 e. The smallest absolute Gasteiger partial charge is 0.269 e. The molecule has 1 amide bonds. The number of hydrogen-bond donors (Lipinski definition) is 2. The average Bonchev–Trinajstić information content (AvgIpc) is 2.31. The molecular formula is C11H14N4O3. The van der Waals surface area contributed by atoms with Gasteiger partial charge in [0, 0.05) is 37.5 Å². The number of amides is 1. The van der Waals surface area contributed by atoms with Gasteiger partial charge in [0.1, 0.15) is 0 Å². The Bertz CT molecular complexity index is 489.